The highest BCUT2D eigenvalue weighted by Gasteiger charge is 2.41. The average Bonchev–Trinajstić information content (AvgIpc) is 2.89. The van der Waals surface area contributed by atoms with Gasteiger partial charge in [-0.3, -0.25) is 0 Å². The fourth-order valence-corrected chi connectivity index (χ4v) is 6.55. The number of aryl methyl sites for hydroxylation is 3. The molecule has 4 aromatic carbocycles. The molecule has 0 radical (unpaired) electrons. The Hall–Kier alpha value is -3.97. The molecule has 0 aliphatic heterocycles. The van der Waals surface area contributed by atoms with E-state index in [0.29, 0.717) is 11.8 Å². The second kappa shape index (κ2) is 7.52. The summed E-state index contributed by atoms with van der Waals surface area (Å²) >= 11 is 0. The smallest absolute Gasteiger partial charge is 0.201 e. The van der Waals surface area contributed by atoms with Gasteiger partial charge in [-0.25, -0.2) is 4.57 Å². The van der Waals surface area contributed by atoms with Gasteiger partial charge in [0.2, 0.25) is 5.69 Å². The summed E-state index contributed by atoms with van der Waals surface area (Å²) in [5, 5.41) is 0. The molecule has 0 unspecified atom stereocenters. The first kappa shape index (κ1) is 20.4. The number of benzene rings is 4. The lowest BCUT2D eigenvalue weighted by atomic mass is 9.61. The number of hydrogen-bond acceptors (Lipinski definition) is 0. The zero-order chi connectivity index (χ0) is 23.7. The Morgan fingerprint density at radius 1 is 0.514 bits per heavy atom. The van der Waals surface area contributed by atoms with Gasteiger partial charge < -0.3 is 0 Å². The lowest BCUT2D eigenvalue weighted by Crippen LogP contribution is -2.31. The molecular formula is C34H28N+. The summed E-state index contributed by atoms with van der Waals surface area (Å²) in [7, 11) is 2.15. The van der Waals surface area contributed by atoms with Gasteiger partial charge in [0.1, 0.15) is 7.05 Å². The molecule has 0 saturated heterocycles. The highest BCUT2D eigenvalue weighted by Crippen LogP contribution is 2.56. The average molecular weight is 451 g/mol. The second-order valence-electron chi connectivity index (χ2n) is 10.1. The number of pyridine rings is 1. The van der Waals surface area contributed by atoms with Crippen molar-refractivity contribution in [3.63, 3.8) is 0 Å². The standard InChI is InChI=1S/C34H28N/c1-21-10-4-5-11-24(21)32-19-30(22(2)20-35(32)3)23-16-17-29-31(18-23)34-27-14-8-6-12-25(27)33(29)26-13-7-9-15-28(26)34/h4-20,33-34H,1-3H3/q+1. The minimum atomic E-state index is 0.304. The third-order valence-electron chi connectivity index (χ3n) is 8.15. The van der Waals surface area contributed by atoms with Crippen LogP contribution in [0.15, 0.2) is 103 Å². The van der Waals surface area contributed by atoms with Crippen LogP contribution in [-0.2, 0) is 7.05 Å². The van der Waals surface area contributed by atoms with Crippen molar-refractivity contribution in [3.05, 3.63) is 148 Å². The Balaban J connectivity index is 1.43. The van der Waals surface area contributed by atoms with Gasteiger partial charge in [0.05, 0.1) is 0 Å². The van der Waals surface area contributed by atoms with E-state index in [-0.39, 0.29) is 0 Å². The third-order valence-corrected chi connectivity index (χ3v) is 8.15. The molecule has 1 aromatic heterocycles. The number of nitrogens with zero attached hydrogens (tertiary/aromatic N) is 1. The molecule has 0 spiro atoms. The predicted molar refractivity (Wildman–Crippen MR) is 143 cm³/mol. The molecule has 2 bridgehead atoms. The molecule has 0 amide bonds. The molecule has 0 atom stereocenters. The monoisotopic (exact) mass is 450 g/mol. The highest BCUT2D eigenvalue weighted by molar-refractivity contribution is 5.76. The first-order chi connectivity index (χ1) is 17.1. The summed E-state index contributed by atoms with van der Waals surface area (Å²) in [6.45, 7) is 4.42. The third kappa shape index (κ3) is 2.91. The van der Waals surface area contributed by atoms with Gasteiger partial charge in [0.15, 0.2) is 6.20 Å². The summed E-state index contributed by atoms with van der Waals surface area (Å²) in [5.41, 5.74) is 16.6. The lowest BCUT2D eigenvalue weighted by Gasteiger charge is -2.42. The Morgan fingerprint density at radius 2 is 1.06 bits per heavy atom. The topological polar surface area (TPSA) is 3.88 Å². The zero-order valence-electron chi connectivity index (χ0n) is 20.4. The van der Waals surface area contributed by atoms with Gasteiger partial charge in [-0.2, -0.15) is 0 Å². The van der Waals surface area contributed by atoms with E-state index in [2.05, 4.69) is 129 Å². The molecule has 168 valence electrons. The summed E-state index contributed by atoms with van der Waals surface area (Å²) in [5.74, 6) is 0.631. The largest absolute Gasteiger partial charge is 0.213 e. The molecule has 8 rings (SSSR count). The van der Waals surface area contributed by atoms with Crippen molar-refractivity contribution in [1.82, 2.24) is 0 Å². The minimum Gasteiger partial charge on any atom is -0.201 e. The van der Waals surface area contributed by atoms with E-state index >= 15 is 0 Å². The van der Waals surface area contributed by atoms with Crippen LogP contribution in [0.5, 0.6) is 0 Å². The molecular weight excluding hydrogens is 422 g/mol. The van der Waals surface area contributed by atoms with E-state index in [1.165, 1.54) is 66.9 Å². The SMILES string of the molecule is Cc1c[n+](C)c(-c2ccccc2C)cc1-c1ccc2c(c1)C1c3ccccc3C2c2ccccc21. The van der Waals surface area contributed by atoms with E-state index in [0.717, 1.165) is 0 Å². The molecule has 1 heterocycles. The van der Waals surface area contributed by atoms with Crippen LogP contribution in [0.2, 0.25) is 0 Å². The summed E-state index contributed by atoms with van der Waals surface area (Å²) in [6, 6.07) is 36.4. The Labute approximate surface area is 207 Å². The van der Waals surface area contributed by atoms with Gasteiger partial charge in [-0.15, -0.1) is 0 Å². The van der Waals surface area contributed by atoms with Crippen LogP contribution in [0.3, 0.4) is 0 Å². The Morgan fingerprint density at radius 3 is 1.69 bits per heavy atom. The molecule has 0 fully saturated rings. The van der Waals surface area contributed by atoms with Gasteiger partial charge in [0, 0.05) is 29.0 Å². The zero-order valence-corrected chi connectivity index (χ0v) is 20.4. The van der Waals surface area contributed by atoms with Crippen LogP contribution in [0, 0.1) is 13.8 Å². The van der Waals surface area contributed by atoms with Crippen molar-refractivity contribution in [3.8, 4) is 22.4 Å². The van der Waals surface area contributed by atoms with Gasteiger partial charge in [0.25, 0.3) is 0 Å². The second-order valence-corrected chi connectivity index (χ2v) is 10.1. The maximum Gasteiger partial charge on any atom is 0.213 e. The predicted octanol–water partition coefficient (Wildman–Crippen LogP) is 7.45. The number of aromatic nitrogens is 1. The van der Waals surface area contributed by atoms with Crippen LogP contribution in [-0.4, -0.2) is 0 Å². The molecule has 5 aromatic rings. The van der Waals surface area contributed by atoms with Crippen molar-refractivity contribution >= 4 is 0 Å². The van der Waals surface area contributed by atoms with E-state index in [1.807, 2.05) is 0 Å². The van der Waals surface area contributed by atoms with Crippen LogP contribution in [0.4, 0.5) is 0 Å². The van der Waals surface area contributed by atoms with E-state index in [1.54, 1.807) is 0 Å². The Bertz CT molecular complexity index is 1590. The fourth-order valence-electron chi connectivity index (χ4n) is 6.55. The molecule has 3 aliphatic rings. The van der Waals surface area contributed by atoms with Crippen LogP contribution in [0.1, 0.15) is 56.3 Å². The van der Waals surface area contributed by atoms with Crippen molar-refractivity contribution in [1.29, 1.82) is 0 Å². The van der Waals surface area contributed by atoms with E-state index < -0.39 is 0 Å². The summed E-state index contributed by atoms with van der Waals surface area (Å²) < 4.78 is 2.26. The number of hydrogen-bond donors (Lipinski definition) is 0. The Kier molecular flexibility index (Phi) is 4.38. The van der Waals surface area contributed by atoms with Crippen molar-refractivity contribution in [2.24, 2.45) is 7.05 Å². The molecule has 1 heteroatoms. The molecule has 0 N–H and O–H groups in total. The van der Waals surface area contributed by atoms with Crippen LogP contribution in [0.25, 0.3) is 22.4 Å². The van der Waals surface area contributed by atoms with Crippen molar-refractivity contribution < 1.29 is 4.57 Å². The molecule has 1 nitrogen and oxygen atoms in total. The summed E-state index contributed by atoms with van der Waals surface area (Å²) in [4.78, 5) is 0. The summed E-state index contributed by atoms with van der Waals surface area (Å²) in [6.07, 6.45) is 2.27. The van der Waals surface area contributed by atoms with Crippen molar-refractivity contribution in [2.45, 2.75) is 25.7 Å². The van der Waals surface area contributed by atoms with Gasteiger partial charge in [-0.05, 0) is 76.1 Å². The first-order valence-corrected chi connectivity index (χ1v) is 12.5. The lowest BCUT2D eigenvalue weighted by molar-refractivity contribution is -0.660. The minimum absolute atomic E-state index is 0.304. The molecule has 35 heavy (non-hydrogen) atoms. The highest BCUT2D eigenvalue weighted by atomic mass is 14.9. The van der Waals surface area contributed by atoms with E-state index in [4.69, 9.17) is 0 Å². The van der Waals surface area contributed by atoms with Crippen LogP contribution < -0.4 is 4.57 Å². The quantitative estimate of drug-likeness (QED) is 0.241. The van der Waals surface area contributed by atoms with Gasteiger partial charge in [-0.1, -0.05) is 78.9 Å². The van der Waals surface area contributed by atoms with E-state index in [9.17, 15) is 0 Å². The number of rotatable bonds is 2. The van der Waals surface area contributed by atoms with Gasteiger partial charge >= 0.3 is 0 Å². The fraction of sp³-hybridized carbons (Fsp3) is 0.147. The normalized spacial score (nSPS) is 17.0. The molecule has 0 saturated carbocycles. The maximum absolute atomic E-state index is 2.48. The van der Waals surface area contributed by atoms with Crippen molar-refractivity contribution in [2.75, 3.05) is 0 Å². The van der Waals surface area contributed by atoms with Crippen LogP contribution >= 0.6 is 0 Å². The maximum atomic E-state index is 2.48. The molecule has 3 aliphatic carbocycles. The first-order valence-electron chi connectivity index (χ1n) is 12.5.